The minimum absolute atomic E-state index is 0.210. The van der Waals surface area contributed by atoms with E-state index in [1.807, 2.05) is 30.3 Å². The average molecular weight is 244 g/mol. The van der Waals surface area contributed by atoms with Crippen LogP contribution < -0.4 is 5.32 Å². The number of nitrogens with zero attached hydrogens (tertiary/aromatic N) is 1. The molecule has 18 heavy (non-hydrogen) atoms. The molecule has 0 bridgehead atoms. The number of carbonyl (C=O) groups excluding carboxylic acids is 1. The highest BCUT2D eigenvalue weighted by Gasteiger charge is 2.12. The molecular formula is C14H16N2O2. The predicted octanol–water partition coefficient (Wildman–Crippen LogP) is 2.87. The molecule has 1 aromatic heterocycles. The van der Waals surface area contributed by atoms with Crippen molar-refractivity contribution in [1.82, 2.24) is 10.5 Å². The second-order valence-corrected chi connectivity index (χ2v) is 4.05. The van der Waals surface area contributed by atoms with Crippen LogP contribution in [-0.2, 0) is 0 Å². The van der Waals surface area contributed by atoms with Gasteiger partial charge in [0.1, 0.15) is 5.69 Å². The minimum Gasteiger partial charge on any atom is -0.350 e. The second-order valence-electron chi connectivity index (χ2n) is 4.05. The highest BCUT2D eigenvalue weighted by Crippen LogP contribution is 2.18. The van der Waals surface area contributed by atoms with Crippen molar-refractivity contribution < 1.29 is 9.32 Å². The van der Waals surface area contributed by atoms with Gasteiger partial charge in [0.05, 0.1) is 0 Å². The van der Waals surface area contributed by atoms with Gasteiger partial charge in [-0.25, -0.2) is 0 Å². The van der Waals surface area contributed by atoms with Crippen LogP contribution in [-0.4, -0.2) is 17.6 Å². The Labute approximate surface area is 106 Å². The van der Waals surface area contributed by atoms with E-state index in [-0.39, 0.29) is 11.7 Å². The van der Waals surface area contributed by atoms with Crippen LogP contribution >= 0.6 is 0 Å². The van der Waals surface area contributed by atoms with Gasteiger partial charge in [-0.15, -0.1) is 0 Å². The topological polar surface area (TPSA) is 55.1 Å². The highest BCUT2D eigenvalue weighted by molar-refractivity contribution is 5.92. The highest BCUT2D eigenvalue weighted by atomic mass is 16.5. The van der Waals surface area contributed by atoms with Gasteiger partial charge < -0.3 is 9.84 Å². The molecule has 0 saturated carbocycles. The first-order valence-corrected chi connectivity index (χ1v) is 6.11. The number of aromatic nitrogens is 1. The fraction of sp³-hybridized carbons (Fsp3) is 0.286. The summed E-state index contributed by atoms with van der Waals surface area (Å²) in [6, 6.07) is 11.3. The molecule has 1 amide bonds. The summed E-state index contributed by atoms with van der Waals surface area (Å²) in [5.41, 5.74) is 1.62. The Kier molecular flexibility index (Phi) is 4.12. The molecule has 0 aliphatic rings. The van der Waals surface area contributed by atoms with Crippen molar-refractivity contribution in [3.05, 3.63) is 42.2 Å². The molecule has 2 rings (SSSR count). The number of hydrogen-bond acceptors (Lipinski definition) is 3. The molecule has 0 saturated heterocycles. The van der Waals surface area contributed by atoms with E-state index >= 15 is 0 Å². The third kappa shape index (κ3) is 2.97. The smallest absolute Gasteiger partial charge is 0.289 e. The lowest BCUT2D eigenvalue weighted by Crippen LogP contribution is -2.23. The zero-order valence-electron chi connectivity index (χ0n) is 10.3. The van der Waals surface area contributed by atoms with Gasteiger partial charge in [0.2, 0.25) is 5.76 Å². The Morgan fingerprint density at radius 3 is 2.83 bits per heavy atom. The standard InChI is InChI=1S/C14H16N2O2/c1-2-3-9-15-14(17)13-10-12(16-18-13)11-7-5-4-6-8-11/h4-8,10H,2-3,9H2,1H3,(H,15,17). The zero-order chi connectivity index (χ0) is 12.8. The molecular weight excluding hydrogens is 228 g/mol. The van der Waals surface area contributed by atoms with E-state index in [1.165, 1.54) is 0 Å². The van der Waals surface area contributed by atoms with E-state index in [4.69, 9.17) is 4.52 Å². The Balaban J connectivity index is 2.04. The molecule has 0 aliphatic carbocycles. The van der Waals surface area contributed by atoms with E-state index in [2.05, 4.69) is 17.4 Å². The van der Waals surface area contributed by atoms with Crippen LogP contribution in [0.5, 0.6) is 0 Å². The van der Waals surface area contributed by atoms with Crippen molar-refractivity contribution in [3.8, 4) is 11.3 Å². The molecule has 0 fully saturated rings. The summed E-state index contributed by atoms with van der Waals surface area (Å²) in [5, 5.41) is 6.69. The third-order valence-electron chi connectivity index (χ3n) is 2.62. The summed E-state index contributed by atoms with van der Waals surface area (Å²) >= 11 is 0. The van der Waals surface area contributed by atoms with Crippen molar-refractivity contribution in [2.45, 2.75) is 19.8 Å². The molecule has 1 heterocycles. The Morgan fingerprint density at radius 1 is 1.33 bits per heavy atom. The van der Waals surface area contributed by atoms with Crippen molar-refractivity contribution in [2.75, 3.05) is 6.54 Å². The fourth-order valence-corrected chi connectivity index (χ4v) is 1.59. The van der Waals surface area contributed by atoms with Gasteiger partial charge in [-0.05, 0) is 6.42 Å². The molecule has 0 atom stereocenters. The second kappa shape index (κ2) is 6.00. The number of unbranched alkanes of at least 4 members (excludes halogenated alkanes) is 1. The molecule has 2 aromatic rings. The molecule has 0 aliphatic heterocycles. The average Bonchev–Trinajstić information content (AvgIpc) is 2.89. The molecule has 0 spiro atoms. The van der Waals surface area contributed by atoms with E-state index < -0.39 is 0 Å². The van der Waals surface area contributed by atoms with E-state index in [1.54, 1.807) is 6.07 Å². The normalized spacial score (nSPS) is 10.3. The van der Waals surface area contributed by atoms with Gasteiger partial charge in [0.15, 0.2) is 0 Å². The van der Waals surface area contributed by atoms with Crippen LogP contribution in [0.3, 0.4) is 0 Å². The third-order valence-corrected chi connectivity index (χ3v) is 2.62. The summed E-state index contributed by atoms with van der Waals surface area (Å²) < 4.78 is 5.05. The maximum Gasteiger partial charge on any atom is 0.289 e. The van der Waals surface area contributed by atoms with Gasteiger partial charge >= 0.3 is 0 Å². The molecule has 94 valence electrons. The number of rotatable bonds is 5. The number of benzene rings is 1. The quantitative estimate of drug-likeness (QED) is 0.823. The Bertz CT molecular complexity index is 506. The molecule has 4 heteroatoms. The summed E-state index contributed by atoms with van der Waals surface area (Å²) in [6.07, 6.45) is 2.01. The molecule has 1 N–H and O–H groups in total. The zero-order valence-corrected chi connectivity index (χ0v) is 10.3. The first-order chi connectivity index (χ1) is 8.81. The number of carbonyl (C=O) groups is 1. The summed E-state index contributed by atoms with van der Waals surface area (Å²) in [7, 11) is 0. The van der Waals surface area contributed by atoms with Crippen LogP contribution in [0.2, 0.25) is 0 Å². The van der Waals surface area contributed by atoms with Gasteiger partial charge in [0, 0.05) is 18.2 Å². The summed E-state index contributed by atoms with van der Waals surface area (Å²) in [5.74, 6) is 0.0445. The van der Waals surface area contributed by atoms with E-state index in [0.717, 1.165) is 18.4 Å². The van der Waals surface area contributed by atoms with Gasteiger partial charge in [-0.1, -0.05) is 48.8 Å². The lowest BCUT2D eigenvalue weighted by atomic mass is 10.1. The Hall–Kier alpha value is -2.10. The lowest BCUT2D eigenvalue weighted by molar-refractivity contribution is 0.0916. The van der Waals surface area contributed by atoms with Crippen molar-refractivity contribution in [1.29, 1.82) is 0 Å². The summed E-state index contributed by atoms with van der Waals surface area (Å²) in [6.45, 7) is 2.74. The molecule has 4 nitrogen and oxygen atoms in total. The van der Waals surface area contributed by atoms with Crippen LogP contribution in [0.4, 0.5) is 0 Å². The predicted molar refractivity (Wildman–Crippen MR) is 69.2 cm³/mol. The number of hydrogen-bond donors (Lipinski definition) is 1. The first-order valence-electron chi connectivity index (χ1n) is 6.11. The monoisotopic (exact) mass is 244 g/mol. The van der Waals surface area contributed by atoms with Crippen molar-refractivity contribution in [3.63, 3.8) is 0 Å². The van der Waals surface area contributed by atoms with E-state index in [0.29, 0.717) is 12.2 Å². The van der Waals surface area contributed by atoms with Gasteiger partial charge in [0.25, 0.3) is 5.91 Å². The van der Waals surface area contributed by atoms with Crippen LogP contribution in [0.25, 0.3) is 11.3 Å². The number of nitrogens with one attached hydrogen (secondary N) is 1. The largest absolute Gasteiger partial charge is 0.350 e. The lowest BCUT2D eigenvalue weighted by Gasteiger charge is -1.99. The Morgan fingerprint density at radius 2 is 2.11 bits per heavy atom. The van der Waals surface area contributed by atoms with Crippen LogP contribution in [0.1, 0.15) is 30.3 Å². The van der Waals surface area contributed by atoms with Crippen LogP contribution in [0.15, 0.2) is 40.9 Å². The first kappa shape index (κ1) is 12.4. The molecule has 1 aromatic carbocycles. The van der Waals surface area contributed by atoms with Gasteiger partial charge in [-0.2, -0.15) is 0 Å². The molecule has 0 radical (unpaired) electrons. The fourth-order valence-electron chi connectivity index (χ4n) is 1.59. The van der Waals surface area contributed by atoms with Crippen molar-refractivity contribution in [2.24, 2.45) is 0 Å². The summed E-state index contributed by atoms with van der Waals surface area (Å²) in [4.78, 5) is 11.7. The van der Waals surface area contributed by atoms with Crippen LogP contribution in [0, 0.1) is 0 Å². The van der Waals surface area contributed by atoms with E-state index in [9.17, 15) is 4.79 Å². The maximum absolute atomic E-state index is 11.7. The maximum atomic E-state index is 11.7. The van der Waals surface area contributed by atoms with Gasteiger partial charge in [-0.3, -0.25) is 4.79 Å². The minimum atomic E-state index is -0.210. The van der Waals surface area contributed by atoms with Crippen molar-refractivity contribution >= 4 is 5.91 Å². The number of amides is 1. The SMILES string of the molecule is CCCCNC(=O)c1cc(-c2ccccc2)no1. The molecule has 0 unspecified atom stereocenters.